The smallest absolute Gasteiger partial charge is 0.348 e. The lowest BCUT2D eigenvalue weighted by atomic mass is 10.2. The van der Waals surface area contributed by atoms with Crippen LogP contribution in [0.4, 0.5) is 0 Å². The summed E-state index contributed by atoms with van der Waals surface area (Å²) in [7, 11) is -4.63. The Balaban J connectivity index is 2.86. The van der Waals surface area contributed by atoms with Crippen LogP contribution in [-0.2, 0) is 30.3 Å². The van der Waals surface area contributed by atoms with Gasteiger partial charge in [0.25, 0.3) is 0 Å². The number of hydrogen-bond acceptors (Lipinski definition) is 8. The first-order valence-electron chi connectivity index (χ1n) is 7.55. The van der Waals surface area contributed by atoms with Crippen LogP contribution in [0, 0.1) is 0 Å². The Morgan fingerprint density at radius 3 is 2.52 bits per heavy atom. The van der Waals surface area contributed by atoms with E-state index in [0.717, 1.165) is 10.9 Å². The highest BCUT2D eigenvalue weighted by atomic mass is 31.2. The summed E-state index contributed by atoms with van der Waals surface area (Å²) in [4.78, 5) is 63.9. The number of nitrogens with one attached hydrogen (secondary N) is 3. The van der Waals surface area contributed by atoms with Crippen molar-refractivity contribution in [2.45, 2.75) is 25.6 Å². The number of nitrogens with two attached hydrogens (primary N) is 1. The Morgan fingerprint density at radius 2 is 2.00 bits per heavy atom. The van der Waals surface area contributed by atoms with Crippen molar-refractivity contribution in [1.82, 2.24) is 30.9 Å². The Labute approximate surface area is 153 Å². The maximum Gasteiger partial charge on any atom is 0.377 e. The Bertz CT molecular complexity index is 746. The first kappa shape index (κ1) is 22.4. The van der Waals surface area contributed by atoms with Gasteiger partial charge in [-0.3, -0.25) is 18.9 Å². The summed E-state index contributed by atoms with van der Waals surface area (Å²) in [5.41, 5.74) is 4.60. The lowest BCUT2D eigenvalue weighted by Gasteiger charge is -2.20. The van der Waals surface area contributed by atoms with Gasteiger partial charge in [-0.15, -0.1) is 5.10 Å². The topological polar surface area (TPSA) is 219 Å². The lowest BCUT2D eigenvalue weighted by molar-refractivity contribution is -0.132. The zero-order valence-electron chi connectivity index (χ0n) is 14.2. The van der Waals surface area contributed by atoms with Gasteiger partial charge in [0.2, 0.25) is 17.7 Å². The van der Waals surface area contributed by atoms with E-state index in [1.54, 1.807) is 0 Å². The van der Waals surface area contributed by atoms with Crippen LogP contribution in [0.25, 0.3) is 0 Å². The monoisotopic (exact) mass is 405 g/mol. The molecule has 0 spiro atoms. The summed E-state index contributed by atoms with van der Waals surface area (Å²) in [5.74, 6) is -2.08. The minimum atomic E-state index is -4.63. The summed E-state index contributed by atoms with van der Waals surface area (Å²) in [6, 6.07) is -2.27. The van der Waals surface area contributed by atoms with Gasteiger partial charge in [-0.05, 0) is 6.92 Å². The van der Waals surface area contributed by atoms with Crippen molar-refractivity contribution in [1.29, 1.82) is 0 Å². The van der Waals surface area contributed by atoms with Crippen molar-refractivity contribution in [3.63, 3.8) is 0 Å². The molecule has 0 radical (unpaired) electrons. The zero-order chi connectivity index (χ0) is 20.6. The van der Waals surface area contributed by atoms with Crippen molar-refractivity contribution in [2.24, 2.45) is 5.73 Å². The van der Waals surface area contributed by atoms with E-state index in [0.29, 0.717) is 6.29 Å². The van der Waals surface area contributed by atoms with Crippen LogP contribution >= 0.6 is 7.60 Å². The molecule has 0 fully saturated rings. The predicted molar refractivity (Wildman–Crippen MR) is 89.4 cm³/mol. The highest BCUT2D eigenvalue weighted by Crippen LogP contribution is 2.31. The molecule has 14 nitrogen and oxygen atoms in total. The van der Waals surface area contributed by atoms with Crippen LogP contribution in [0.2, 0.25) is 0 Å². The second-order valence-corrected chi connectivity index (χ2v) is 6.86. The lowest BCUT2D eigenvalue weighted by Crippen LogP contribution is -2.55. The van der Waals surface area contributed by atoms with Crippen molar-refractivity contribution in [3.8, 4) is 0 Å². The number of amides is 3. The molecule has 1 rings (SSSR count). The zero-order valence-corrected chi connectivity index (χ0v) is 15.1. The largest absolute Gasteiger partial charge is 0.377 e. The van der Waals surface area contributed by atoms with E-state index >= 15 is 0 Å². The van der Waals surface area contributed by atoms with Gasteiger partial charge in [-0.2, -0.15) is 0 Å². The fourth-order valence-electron chi connectivity index (χ4n) is 1.82. The van der Waals surface area contributed by atoms with Crippen molar-refractivity contribution in [3.05, 3.63) is 6.20 Å². The Morgan fingerprint density at radius 1 is 1.33 bits per heavy atom. The summed E-state index contributed by atoms with van der Waals surface area (Å²) >= 11 is 0. The molecule has 0 bridgehead atoms. The summed E-state index contributed by atoms with van der Waals surface area (Å²) in [5, 5.41) is 13.7. The third-order valence-corrected chi connectivity index (χ3v) is 3.95. The SMILES string of the molecule is C[C@H](NC(=O)[C@H](Cn1cc(P(=O)(O)O)nn1)NC(=O)CN)C(=O)NCC=O. The van der Waals surface area contributed by atoms with Crippen LogP contribution in [0.5, 0.6) is 0 Å². The number of carbonyl (C=O) groups is 4. The number of aldehydes is 1. The summed E-state index contributed by atoms with van der Waals surface area (Å²) in [6.45, 7) is 0.398. The van der Waals surface area contributed by atoms with E-state index in [1.165, 1.54) is 6.92 Å². The Kier molecular flexibility index (Phi) is 8.18. The number of nitrogens with zero attached hydrogens (tertiary/aromatic N) is 3. The van der Waals surface area contributed by atoms with Gasteiger partial charge in [0.05, 0.1) is 25.8 Å². The minimum Gasteiger partial charge on any atom is -0.348 e. The minimum absolute atomic E-state index is 0.226. The molecule has 27 heavy (non-hydrogen) atoms. The van der Waals surface area contributed by atoms with Gasteiger partial charge in [0, 0.05) is 0 Å². The van der Waals surface area contributed by atoms with Gasteiger partial charge >= 0.3 is 7.60 Å². The molecule has 15 heteroatoms. The standard InChI is InChI=1S/C12H20N7O7P/c1-7(11(22)14-2-3-20)15-12(23)8(16-9(21)4-13)5-19-6-10(17-18-19)27(24,25)26/h3,6-8H,2,4-5,13H2,1H3,(H,14,22)(H,15,23)(H,16,21)(H2,24,25,26)/t7-,8-/m0/s1. The quantitative estimate of drug-likeness (QED) is 0.161. The van der Waals surface area contributed by atoms with Crippen molar-refractivity contribution in [2.75, 3.05) is 13.1 Å². The molecule has 2 atom stereocenters. The van der Waals surface area contributed by atoms with E-state index in [1.807, 2.05) is 0 Å². The number of aromatic nitrogens is 3. The van der Waals surface area contributed by atoms with Crippen LogP contribution in [0.15, 0.2) is 6.20 Å². The molecule has 0 aliphatic carbocycles. The molecule has 0 aliphatic rings. The molecule has 0 saturated carbocycles. The molecule has 0 aliphatic heterocycles. The molecule has 7 N–H and O–H groups in total. The molecule has 1 aromatic heterocycles. The van der Waals surface area contributed by atoms with E-state index < -0.39 is 49.4 Å². The normalized spacial score (nSPS) is 13.3. The maximum absolute atomic E-state index is 12.4. The molecular formula is C12H20N7O7P. The second kappa shape index (κ2) is 9.87. The molecule has 1 aromatic rings. The van der Waals surface area contributed by atoms with E-state index in [2.05, 4.69) is 26.3 Å². The highest BCUT2D eigenvalue weighted by molar-refractivity contribution is 7.59. The molecular weight excluding hydrogens is 385 g/mol. The van der Waals surface area contributed by atoms with Gasteiger partial charge < -0.3 is 36.3 Å². The summed E-state index contributed by atoms with van der Waals surface area (Å²) in [6.07, 6.45) is 1.40. The molecule has 0 aromatic carbocycles. The first-order chi connectivity index (χ1) is 12.6. The third-order valence-electron chi connectivity index (χ3n) is 3.14. The fraction of sp³-hybridized carbons (Fsp3) is 0.500. The molecule has 1 heterocycles. The predicted octanol–water partition coefficient (Wildman–Crippen LogP) is -4.66. The van der Waals surface area contributed by atoms with Crippen LogP contribution in [0.3, 0.4) is 0 Å². The van der Waals surface area contributed by atoms with E-state index in [-0.39, 0.29) is 13.1 Å². The number of hydrogen-bond donors (Lipinski definition) is 6. The van der Waals surface area contributed by atoms with Gasteiger partial charge in [-0.1, -0.05) is 5.21 Å². The van der Waals surface area contributed by atoms with Crippen LogP contribution < -0.4 is 27.1 Å². The molecule has 3 amide bonds. The first-order valence-corrected chi connectivity index (χ1v) is 9.17. The van der Waals surface area contributed by atoms with Crippen LogP contribution in [-0.4, -0.2) is 74.0 Å². The molecule has 0 unspecified atom stereocenters. The maximum atomic E-state index is 12.4. The Hall–Kier alpha value is -2.67. The van der Waals surface area contributed by atoms with Crippen molar-refractivity contribution < 1.29 is 33.5 Å². The highest BCUT2D eigenvalue weighted by Gasteiger charge is 2.27. The molecule has 150 valence electrons. The van der Waals surface area contributed by atoms with E-state index in [4.69, 9.17) is 15.5 Å². The van der Waals surface area contributed by atoms with Crippen molar-refractivity contribution >= 4 is 37.0 Å². The van der Waals surface area contributed by atoms with Gasteiger partial charge in [0.1, 0.15) is 18.4 Å². The number of carbonyl (C=O) groups excluding carboxylic acids is 4. The molecule has 0 saturated heterocycles. The van der Waals surface area contributed by atoms with Crippen LogP contribution in [0.1, 0.15) is 6.92 Å². The second-order valence-electron chi connectivity index (χ2n) is 5.31. The average molecular weight is 405 g/mol. The van der Waals surface area contributed by atoms with Gasteiger partial charge in [0.15, 0.2) is 5.44 Å². The van der Waals surface area contributed by atoms with E-state index in [9.17, 15) is 23.7 Å². The number of rotatable bonds is 10. The average Bonchev–Trinajstić information content (AvgIpc) is 3.07. The van der Waals surface area contributed by atoms with Gasteiger partial charge in [-0.25, -0.2) is 4.68 Å². The summed E-state index contributed by atoms with van der Waals surface area (Å²) < 4.78 is 12.1. The fourth-order valence-corrected chi connectivity index (χ4v) is 2.26. The third kappa shape index (κ3) is 7.22.